The van der Waals surface area contributed by atoms with Gasteiger partial charge in [0.15, 0.2) is 5.82 Å². The third kappa shape index (κ3) is 4.76. The van der Waals surface area contributed by atoms with Crippen LogP contribution in [0.5, 0.6) is 0 Å². The number of benzene rings is 1. The van der Waals surface area contributed by atoms with Crippen LogP contribution in [0.1, 0.15) is 55.8 Å². The molecule has 0 saturated heterocycles. The fourth-order valence-electron chi connectivity index (χ4n) is 4.03. The molecular weight excluding hydrogens is 406 g/mol. The summed E-state index contributed by atoms with van der Waals surface area (Å²) >= 11 is 0. The molecule has 1 aliphatic carbocycles. The van der Waals surface area contributed by atoms with Gasteiger partial charge in [0.2, 0.25) is 10.0 Å². The molecule has 1 unspecified atom stereocenters. The number of alkyl carbamates (subject to hydrolysis) is 1. The molecule has 1 aromatic heterocycles. The maximum absolute atomic E-state index is 11.8. The molecule has 30 heavy (non-hydrogen) atoms. The Hall–Kier alpha value is -2.59. The van der Waals surface area contributed by atoms with Gasteiger partial charge in [-0.25, -0.2) is 17.9 Å². The number of carbonyl (C=O) groups excluding carboxylic acids is 1. The minimum absolute atomic E-state index is 0.0164. The zero-order chi connectivity index (χ0) is 21.3. The van der Waals surface area contributed by atoms with Crippen LogP contribution in [-0.4, -0.2) is 36.9 Å². The van der Waals surface area contributed by atoms with Gasteiger partial charge in [-0.15, -0.1) is 0 Å². The maximum atomic E-state index is 11.8. The zero-order valence-electron chi connectivity index (χ0n) is 17.1. The molecule has 0 radical (unpaired) electrons. The highest BCUT2D eigenvalue weighted by molar-refractivity contribution is 7.88. The third-order valence-corrected chi connectivity index (χ3v) is 6.73. The lowest BCUT2D eigenvalue weighted by Crippen LogP contribution is -2.33. The predicted molar refractivity (Wildman–Crippen MR) is 113 cm³/mol. The Morgan fingerprint density at radius 3 is 2.93 bits per heavy atom. The highest BCUT2D eigenvalue weighted by atomic mass is 32.2. The first-order valence-electron chi connectivity index (χ1n) is 10.2. The summed E-state index contributed by atoms with van der Waals surface area (Å²) in [5.41, 5.74) is 3.57. The number of anilines is 2. The number of nitrogens with zero attached hydrogens (tertiary/aromatic N) is 1. The van der Waals surface area contributed by atoms with Crippen LogP contribution in [0.15, 0.2) is 24.3 Å². The Morgan fingerprint density at radius 1 is 1.30 bits per heavy atom. The summed E-state index contributed by atoms with van der Waals surface area (Å²) in [5.74, 6) is 0.910. The van der Waals surface area contributed by atoms with E-state index in [1.165, 1.54) is 0 Å². The van der Waals surface area contributed by atoms with E-state index in [9.17, 15) is 13.2 Å². The molecule has 2 aromatic rings. The van der Waals surface area contributed by atoms with Crippen molar-refractivity contribution in [1.29, 1.82) is 0 Å². The highest BCUT2D eigenvalue weighted by Crippen LogP contribution is 2.36. The number of ether oxygens (including phenoxy) is 1. The van der Waals surface area contributed by atoms with Crippen molar-refractivity contribution in [2.75, 3.05) is 5.32 Å². The molecule has 2 aliphatic rings. The van der Waals surface area contributed by atoms with Gasteiger partial charge >= 0.3 is 6.09 Å². The molecule has 9 nitrogen and oxygen atoms in total. The van der Waals surface area contributed by atoms with Crippen molar-refractivity contribution in [3.8, 4) is 0 Å². The monoisotopic (exact) mass is 433 g/mol. The van der Waals surface area contributed by atoms with E-state index in [2.05, 4.69) is 25.6 Å². The second kappa shape index (κ2) is 8.27. The predicted octanol–water partition coefficient (Wildman–Crippen LogP) is 2.86. The Balaban J connectivity index is 1.40. The summed E-state index contributed by atoms with van der Waals surface area (Å²) in [5, 5.41) is 13.5. The van der Waals surface area contributed by atoms with E-state index in [0.29, 0.717) is 5.82 Å². The summed E-state index contributed by atoms with van der Waals surface area (Å²) < 4.78 is 31.7. The zero-order valence-corrected chi connectivity index (χ0v) is 17.9. The van der Waals surface area contributed by atoms with Crippen LogP contribution in [-0.2, 0) is 27.1 Å². The summed E-state index contributed by atoms with van der Waals surface area (Å²) in [6.45, 7) is 4.06. The van der Waals surface area contributed by atoms with Crippen molar-refractivity contribution in [1.82, 2.24) is 20.2 Å². The van der Waals surface area contributed by atoms with Crippen molar-refractivity contribution in [2.24, 2.45) is 0 Å². The van der Waals surface area contributed by atoms with Gasteiger partial charge in [-0.3, -0.25) is 5.10 Å². The van der Waals surface area contributed by atoms with Gasteiger partial charge in [0.05, 0.1) is 5.75 Å². The van der Waals surface area contributed by atoms with Gasteiger partial charge in [0.25, 0.3) is 0 Å². The van der Waals surface area contributed by atoms with Crippen molar-refractivity contribution < 1.29 is 17.9 Å². The minimum atomic E-state index is -3.25. The van der Waals surface area contributed by atoms with Crippen LogP contribution in [0.3, 0.4) is 0 Å². The fraction of sp³-hybridized carbons (Fsp3) is 0.500. The topological polar surface area (TPSA) is 125 Å². The number of H-pyrrole nitrogens is 1. The Morgan fingerprint density at radius 2 is 2.13 bits per heavy atom. The number of hydrogen-bond donors (Lipinski definition) is 4. The number of amides is 1. The van der Waals surface area contributed by atoms with Crippen LogP contribution >= 0.6 is 0 Å². The van der Waals surface area contributed by atoms with Gasteiger partial charge in [-0.2, -0.15) is 5.10 Å². The number of nitrogens with one attached hydrogen (secondary N) is 4. The molecule has 162 valence electrons. The van der Waals surface area contributed by atoms with Crippen molar-refractivity contribution in [2.45, 2.75) is 63.5 Å². The molecular formula is C20H27N5O4S. The normalized spacial score (nSPS) is 22.5. The van der Waals surface area contributed by atoms with Gasteiger partial charge in [0, 0.05) is 36.0 Å². The molecule has 1 amide bonds. The van der Waals surface area contributed by atoms with Crippen molar-refractivity contribution in [3.63, 3.8) is 0 Å². The van der Waals surface area contributed by atoms with E-state index in [0.717, 1.165) is 41.8 Å². The lowest BCUT2D eigenvalue weighted by Gasteiger charge is -2.20. The fourth-order valence-corrected chi connectivity index (χ4v) is 5.18. The Kier molecular flexibility index (Phi) is 5.70. The SMILES string of the molecule is CC(C)NC(=O)OC1CC[C@H](c2cc(Nc3cccc4c3CNS(=O)(=O)C4)n[nH]2)C1. The minimum Gasteiger partial charge on any atom is -0.446 e. The lowest BCUT2D eigenvalue weighted by molar-refractivity contribution is 0.0981. The average Bonchev–Trinajstić information content (AvgIpc) is 3.29. The number of aromatic nitrogens is 2. The molecule has 2 atom stereocenters. The molecule has 10 heteroatoms. The van der Waals surface area contributed by atoms with Gasteiger partial charge in [0.1, 0.15) is 6.10 Å². The molecule has 1 aliphatic heterocycles. The summed E-state index contributed by atoms with van der Waals surface area (Å²) in [6, 6.07) is 7.61. The van der Waals surface area contributed by atoms with E-state index in [4.69, 9.17) is 4.74 Å². The molecule has 4 rings (SSSR count). The van der Waals surface area contributed by atoms with Crippen LogP contribution in [0.4, 0.5) is 16.3 Å². The molecule has 1 fully saturated rings. The standard InChI is InChI=1S/C20H27N5O4S/c1-12(2)22-20(26)29-15-7-6-13(8-15)18-9-19(25-24-18)23-17-5-3-4-14-11-30(27,28)21-10-16(14)17/h3-5,9,12-13,15,21H,6-8,10-11H2,1-2H3,(H,22,26)(H2,23,24,25)/t13-,15?/m0/s1. The smallest absolute Gasteiger partial charge is 0.407 e. The van der Waals surface area contributed by atoms with Crippen molar-refractivity contribution in [3.05, 3.63) is 41.1 Å². The van der Waals surface area contributed by atoms with E-state index in [1.54, 1.807) is 0 Å². The third-order valence-electron chi connectivity index (χ3n) is 5.45. The number of aromatic amines is 1. The maximum Gasteiger partial charge on any atom is 0.407 e. The summed E-state index contributed by atoms with van der Waals surface area (Å²) in [7, 11) is -3.25. The van der Waals surface area contributed by atoms with E-state index in [1.807, 2.05) is 38.1 Å². The molecule has 1 saturated carbocycles. The first-order valence-corrected chi connectivity index (χ1v) is 11.8. The van der Waals surface area contributed by atoms with E-state index in [-0.39, 0.29) is 36.5 Å². The van der Waals surface area contributed by atoms with Crippen LogP contribution in [0.2, 0.25) is 0 Å². The molecule has 4 N–H and O–H groups in total. The van der Waals surface area contributed by atoms with Crippen LogP contribution in [0, 0.1) is 0 Å². The Bertz CT molecular complexity index is 1030. The van der Waals surface area contributed by atoms with Gasteiger partial charge in [-0.05, 0) is 50.3 Å². The first-order chi connectivity index (χ1) is 14.3. The van der Waals surface area contributed by atoms with Gasteiger partial charge in [-0.1, -0.05) is 12.1 Å². The van der Waals surface area contributed by atoms with Crippen LogP contribution < -0.4 is 15.4 Å². The largest absolute Gasteiger partial charge is 0.446 e. The number of fused-ring (bicyclic) bond motifs is 1. The summed E-state index contributed by atoms with van der Waals surface area (Å²) in [4.78, 5) is 11.8. The molecule has 0 spiro atoms. The van der Waals surface area contributed by atoms with E-state index >= 15 is 0 Å². The summed E-state index contributed by atoms with van der Waals surface area (Å²) in [6.07, 6.45) is 2.04. The quantitative estimate of drug-likeness (QED) is 0.575. The lowest BCUT2D eigenvalue weighted by atomic mass is 10.0. The Labute approximate surface area is 176 Å². The second-order valence-electron chi connectivity index (χ2n) is 8.19. The molecule has 1 aromatic carbocycles. The number of hydrogen-bond acceptors (Lipinski definition) is 6. The number of carbonyl (C=O) groups is 1. The number of sulfonamides is 1. The van der Waals surface area contributed by atoms with Crippen LogP contribution in [0.25, 0.3) is 0 Å². The first kappa shape index (κ1) is 20.7. The van der Waals surface area contributed by atoms with Crippen molar-refractivity contribution >= 4 is 27.6 Å². The van der Waals surface area contributed by atoms with Gasteiger partial charge < -0.3 is 15.4 Å². The second-order valence-corrected chi connectivity index (χ2v) is 10.0. The molecule has 2 heterocycles. The average molecular weight is 434 g/mol. The number of rotatable bonds is 5. The molecule has 0 bridgehead atoms. The van der Waals surface area contributed by atoms with E-state index < -0.39 is 10.0 Å². The highest BCUT2D eigenvalue weighted by Gasteiger charge is 2.30.